The SMILES string of the molecule is C=C(C)CN1C(SCC(O)CO)=NC2C1C(=O)NC(=O)N2C. The minimum atomic E-state index is -0.866. The van der Waals surface area contributed by atoms with Gasteiger partial charge in [0.25, 0.3) is 5.91 Å². The summed E-state index contributed by atoms with van der Waals surface area (Å²) in [5, 5.41) is 21.2. The Bertz CT molecular complexity index is 524. The van der Waals surface area contributed by atoms with Crippen molar-refractivity contribution in [1.82, 2.24) is 15.1 Å². The van der Waals surface area contributed by atoms with Gasteiger partial charge in [-0.3, -0.25) is 10.1 Å². The molecule has 0 saturated carbocycles. The number of rotatable bonds is 5. The molecule has 2 aliphatic rings. The topological polar surface area (TPSA) is 105 Å². The number of fused-ring (bicyclic) bond motifs is 1. The van der Waals surface area contributed by atoms with Gasteiger partial charge in [-0.15, -0.1) is 0 Å². The zero-order valence-corrected chi connectivity index (χ0v) is 13.3. The van der Waals surface area contributed by atoms with Crippen molar-refractivity contribution in [3.05, 3.63) is 12.2 Å². The van der Waals surface area contributed by atoms with Crippen molar-refractivity contribution in [2.24, 2.45) is 4.99 Å². The summed E-state index contributed by atoms with van der Waals surface area (Å²) in [4.78, 5) is 31.5. The third-order valence-corrected chi connectivity index (χ3v) is 4.53. The number of hydrogen-bond acceptors (Lipinski definition) is 7. The normalized spacial score (nSPS) is 25.7. The van der Waals surface area contributed by atoms with Crippen LogP contribution < -0.4 is 5.32 Å². The predicted molar refractivity (Wildman–Crippen MR) is 83.4 cm³/mol. The molecule has 22 heavy (non-hydrogen) atoms. The molecule has 0 aromatic rings. The molecule has 3 atom stereocenters. The molecule has 2 rings (SSSR count). The Morgan fingerprint density at radius 2 is 2.23 bits per heavy atom. The molecule has 0 spiro atoms. The highest BCUT2D eigenvalue weighted by atomic mass is 32.2. The summed E-state index contributed by atoms with van der Waals surface area (Å²) in [5.41, 5.74) is 0.851. The van der Waals surface area contributed by atoms with Crippen molar-refractivity contribution in [1.29, 1.82) is 0 Å². The molecule has 0 aliphatic carbocycles. The van der Waals surface area contributed by atoms with Crippen molar-refractivity contribution in [3.63, 3.8) is 0 Å². The van der Waals surface area contributed by atoms with Gasteiger partial charge in [-0.25, -0.2) is 9.79 Å². The van der Waals surface area contributed by atoms with Gasteiger partial charge in [0.1, 0.15) is 0 Å². The van der Waals surface area contributed by atoms with Crippen LogP contribution in [0.15, 0.2) is 17.1 Å². The number of aliphatic hydroxyl groups excluding tert-OH is 2. The number of nitrogens with one attached hydrogen (secondary N) is 1. The summed E-state index contributed by atoms with van der Waals surface area (Å²) < 4.78 is 0. The highest BCUT2D eigenvalue weighted by Gasteiger charge is 2.48. The van der Waals surface area contributed by atoms with Crippen LogP contribution in [0, 0.1) is 0 Å². The molecular formula is C13H20N4O4S. The van der Waals surface area contributed by atoms with Crippen LogP contribution in [-0.4, -0.2) is 81.4 Å². The molecule has 3 unspecified atom stereocenters. The number of amidine groups is 1. The minimum absolute atomic E-state index is 0.251. The highest BCUT2D eigenvalue weighted by molar-refractivity contribution is 8.13. The van der Waals surface area contributed by atoms with Crippen molar-refractivity contribution in [3.8, 4) is 0 Å². The molecule has 2 aliphatic heterocycles. The largest absolute Gasteiger partial charge is 0.394 e. The van der Waals surface area contributed by atoms with Gasteiger partial charge >= 0.3 is 6.03 Å². The number of thioether (sulfide) groups is 1. The Kier molecular flexibility index (Phi) is 5.09. The second-order valence-electron chi connectivity index (χ2n) is 5.41. The van der Waals surface area contributed by atoms with Crippen LogP contribution in [0.1, 0.15) is 6.92 Å². The molecule has 2 heterocycles. The van der Waals surface area contributed by atoms with E-state index in [9.17, 15) is 14.7 Å². The number of amides is 3. The summed E-state index contributed by atoms with van der Waals surface area (Å²) in [6.07, 6.45) is -1.45. The van der Waals surface area contributed by atoms with Crippen LogP contribution in [0.3, 0.4) is 0 Å². The average molecular weight is 328 g/mol. The van der Waals surface area contributed by atoms with E-state index in [1.807, 2.05) is 6.92 Å². The van der Waals surface area contributed by atoms with E-state index in [-0.39, 0.29) is 12.4 Å². The second kappa shape index (κ2) is 6.67. The van der Waals surface area contributed by atoms with Gasteiger partial charge in [0.2, 0.25) is 0 Å². The smallest absolute Gasteiger partial charge is 0.325 e. The molecule has 1 saturated heterocycles. The standard InChI is InChI=1S/C13H20N4O4S/c1-7(2)4-17-9-10(16(3)12(21)15-11(9)20)14-13(17)22-6-8(19)5-18/h8-10,18-19H,1,4-6H2,2-3H3,(H,15,20,21). The van der Waals surface area contributed by atoms with Crippen LogP contribution in [0.4, 0.5) is 4.79 Å². The maximum atomic E-state index is 12.2. The molecule has 0 aromatic heterocycles. The predicted octanol–water partition coefficient (Wildman–Crippen LogP) is -0.803. The molecule has 0 aromatic carbocycles. The van der Waals surface area contributed by atoms with Gasteiger partial charge < -0.3 is 20.0 Å². The zero-order valence-electron chi connectivity index (χ0n) is 12.5. The number of nitrogens with zero attached hydrogens (tertiary/aromatic N) is 3. The molecule has 3 amide bonds. The monoisotopic (exact) mass is 328 g/mol. The number of carbonyl (C=O) groups excluding carboxylic acids is 2. The van der Waals surface area contributed by atoms with Gasteiger partial charge in [-0.2, -0.15) is 0 Å². The quantitative estimate of drug-likeness (QED) is 0.571. The summed E-state index contributed by atoms with van der Waals surface area (Å²) in [5.74, 6) is -0.141. The Labute approximate surface area is 132 Å². The fraction of sp³-hybridized carbons (Fsp3) is 0.615. The van der Waals surface area contributed by atoms with E-state index in [4.69, 9.17) is 5.11 Å². The van der Waals surface area contributed by atoms with Crippen molar-refractivity contribution >= 4 is 28.9 Å². The van der Waals surface area contributed by atoms with Gasteiger partial charge in [0.15, 0.2) is 17.4 Å². The van der Waals surface area contributed by atoms with Gasteiger partial charge in [0, 0.05) is 19.3 Å². The van der Waals surface area contributed by atoms with E-state index in [0.29, 0.717) is 11.7 Å². The first-order chi connectivity index (χ1) is 10.3. The fourth-order valence-corrected chi connectivity index (χ4v) is 3.27. The molecule has 8 nitrogen and oxygen atoms in total. The van der Waals surface area contributed by atoms with E-state index in [1.165, 1.54) is 16.7 Å². The Hall–Kier alpha value is -1.58. The van der Waals surface area contributed by atoms with Crippen LogP contribution >= 0.6 is 11.8 Å². The van der Waals surface area contributed by atoms with Crippen molar-refractivity contribution in [2.75, 3.05) is 26.0 Å². The fourth-order valence-electron chi connectivity index (χ4n) is 2.30. The van der Waals surface area contributed by atoms with Gasteiger partial charge in [-0.05, 0) is 6.92 Å². The van der Waals surface area contributed by atoms with Crippen molar-refractivity contribution in [2.45, 2.75) is 25.2 Å². The van der Waals surface area contributed by atoms with E-state index >= 15 is 0 Å². The van der Waals surface area contributed by atoms with Crippen LogP contribution in [0.25, 0.3) is 0 Å². The molecule has 3 N–H and O–H groups in total. The van der Waals surface area contributed by atoms with E-state index in [0.717, 1.165) is 5.57 Å². The minimum Gasteiger partial charge on any atom is -0.394 e. The molecule has 122 valence electrons. The van der Waals surface area contributed by atoms with E-state index in [1.54, 1.807) is 11.9 Å². The first-order valence-corrected chi connectivity index (χ1v) is 7.82. The lowest BCUT2D eigenvalue weighted by atomic mass is 10.1. The molecule has 0 radical (unpaired) electrons. The third-order valence-electron chi connectivity index (χ3n) is 3.38. The summed E-state index contributed by atoms with van der Waals surface area (Å²) in [7, 11) is 1.58. The van der Waals surface area contributed by atoms with Crippen LogP contribution in [-0.2, 0) is 4.79 Å². The van der Waals surface area contributed by atoms with Crippen LogP contribution in [0.5, 0.6) is 0 Å². The van der Waals surface area contributed by atoms with Crippen molar-refractivity contribution < 1.29 is 19.8 Å². The molecule has 1 fully saturated rings. The summed E-state index contributed by atoms with van der Waals surface area (Å²) in [6, 6.07) is -1.08. The number of aliphatic imine (C=N–C) groups is 1. The third kappa shape index (κ3) is 3.26. The lowest BCUT2D eigenvalue weighted by Gasteiger charge is -2.36. The number of urea groups is 1. The number of likely N-dealkylation sites (N-methyl/N-ethyl adjacent to an activating group) is 1. The first-order valence-electron chi connectivity index (χ1n) is 6.83. The second-order valence-corrected chi connectivity index (χ2v) is 6.39. The summed E-state index contributed by atoms with van der Waals surface area (Å²) in [6.45, 7) is 5.78. The molecule has 0 bridgehead atoms. The summed E-state index contributed by atoms with van der Waals surface area (Å²) >= 11 is 1.24. The van der Waals surface area contributed by atoms with Crippen LogP contribution in [0.2, 0.25) is 0 Å². The molecular weight excluding hydrogens is 308 g/mol. The Morgan fingerprint density at radius 3 is 2.82 bits per heavy atom. The Morgan fingerprint density at radius 1 is 1.55 bits per heavy atom. The zero-order chi connectivity index (χ0) is 16.4. The average Bonchev–Trinajstić information content (AvgIpc) is 2.80. The number of imide groups is 1. The number of hydrogen-bond donors (Lipinski definition) is 3. The van der Waals surface area contributed by atoms with E-state index < -0.39 is 30.2 Å². The molecule has 9 heteroatoms. The highest BCUT2D eigenvalue weighted by Crippen LogP contribution is 2.29. The lowest BCUT2D eigenvalue weighted by molar-refractivity contribution is -0.126. The van der Waals surface area contributed by atoms with Gasteiger partial charge in [-0.1, -0.05) is 23.9 Å². The lowest BCUT2D eigenvalue weighted by Crippen LogP contribution is -2.63. The van der Waals surface area contributed by atoms with E-state index in [2.05, 4.69) is 16.9 Å². The maximum Gasteiger partial charge on any atom is 0.325 e. The number of aliphatic hydroxyl groups is 2. The van der Waals surface area contributed by atoms with Gasteiger partial charge in [0.05, 0.1) is 12.7 Å². The number of carbonyl (C=O) groups is 2. The Balaban J connectivity index is 2.22. The maximum absolute atomic E-state index is 12.2. The first kappa shape index (κ1) is 16.8.